The number of amides is 1. The van der Waals surface area contributed by atoms with Crippen molar-refractivity contribution in [3.05, 3.63) is 0 Å². The van der Waals surface area contributed by atoms with Crippen LogP contribution in [0.3, 0.4) is 0 Å². The van der Waals surface area contributed by atoms with Crippen LogP contribution in [-0.2, 0) is 4.79 Å². The molecule has 4 heteroatoms. The Hall–Kier alpha value is -0.660. The molecule has 92 valence electrons. The number of carbonyl (C=O) groups excluding carboxylic acids is 1. The smallest absolute Gasteiger partial charge is 0.234 e. The minimum absolute atomic E-state index is 0.0585. The third-order valence-corrected chi connectivity index (χ3v) is 3.15. The highest BCUT2D eigenvalue weighted by Crippen LogP contribution is 1.99. The molecule has 0 aromatic heterocycles. The van der Waals surface area contributed by atoms with E-state index in [2.05, 4.69) is 30.4 Å². The SMILES string of the molecule is C#CCSCCNCC(=O)NC(C)C(C)C. The molecule has 0 aromatic rings. The topological polar surface area (TPSA) is 41.1 Å². The van der Waals surface area contributed by atoms with Crippen LogP contribution in [0.4, 0.5) is 0 Å². The summed E-state index contributed by atoms with van der Waals surface area (Å²) in [4.78, 5) is 11.4. The van der Waals surface area contributed by atoms with Gasteiger partial charge in [0.1, 0.15) is 0 Å². The van der Waals surface area contributed by atoms with Crippen LogP contribution in [0.25, 0.3) is 0 Å². The van der Waals surface area contributed by atoms with E-state index in [1.54, 1.807) is 11.8 Å². The van der Waals surface area contributed by atoms with E-state index >= 15 is 0 Å². The standard InChI is InChI=1S/C12H22N2OS/c1-5-7-16-8-6-13-9-12(15)14-11(4)10(2)3/h1,10-11,13H,6-9H2,2-4H3,(H,14,15). The first kappa shape index (κ1) is 15.3. The summed E-state index contributed by atoms with van der Waals surface area (Å²) in [6.45, 7) is 7.40. The minimum atomic E-state index is 0.0585. The molecule has 2 N–H and O–H groups in total. The summed E-state index contributed by atoms with van der Waals surface area (Å²) < 4.78 is 0. The summed E-state index contributed by atoms with van der Waals surface area (Å²) in [5.41, 5.74) is 0. The maximum Gasteiger partial charge on any atom is 0.234 e. The first-order valence-electron chi connectivity index (χ1n) is 5.59. The number of thioether (sulfide) groups is 1. The molecule has 16 heavy (non-hydrogen) atoms. The van der Waals surface area contributed by atoms with Gasteiger partial charge < -0.3 is 10.6 Å². The van der Waals surface area contributed by atoms with E-state index in [0.717, 1.165) is 18.1 Å². The molecule has 0 aliphatic carbocycles. The van der Waals surface area contributed by atoms with Gasteiger partial charge in [-0.1, -0.05) is 19.8 Å². The van der Waals surface area contributed by atoms with E-state index in [-0.39, 0.29) is 11.9 Å². The third-order valence-electron chi connectivity index (χ3n) is 2.28. The van der Waals surface area contributed by atoms with E-state index in [9.17, 15) is 4.79 Å². The zero-order valence-electron chi connectivity index (χ0n) is 10.4. The highest BCUT2D eigenvalue weighted by Gasteiger charge is 2.09. The summed E-state index contributed by atoms with van der Waals surface area (Å²) in [6, 6.07) is 0.227. The van der Waals surface area contributed by atoms with Crippen molar-refractivity contribution in [1.82, 2.24) is 10.6 Å². The highest BCUT2D eigenvalue weighted by molar-refractivity contribution is 7.99. The van der Waals surface area contributed by atoms with Gasteiger partial charge in [0.05, 0.1) is 12.3 Å². The Balaban J connectivity index is 3.41. The predicted octanol–water partition coefficient (Wildman–Crippen LogP) is 1.10. The lowest BCUT2D eigenvalue weighted by Crippen LogP contribution is -2.41. The van der Waals surface area contributed by atoms with E-state index in [1.807, 2.05) is 6.92 Å². The van der Waals surface area contributed by atoms with Gasteiger partial charge in [0.25, 0.3) is 0 Å². The van der Waals surface area contributed by atoms with Gasteiger partial charge >= 0.3 is 0 Å². The van der Waals surface area contributed by atoms with Gasteiger partial charge in [0, 0.05) is 18.3 Å². The summed E-state index contributed by atoms with van der Waals surface area (Å²) in [7, 11) is 0. The van der Waals surface area contributed by atoms with Gasteiger partial charge in [-0.05, 0) is 12.8 Å². The van der Waals surface area contributed by atoms with Gasteiger partial charge in [0.15, 0.2) is 0 Å². The van der Waals surface area contributed by atoms with Gasteiger partial charge in [0.2, 0.25) is 5.91 Å². The summed E-state index contributed by atoms with van der Waals surface area (Å²) in [5, 5.41) is 6.03. The molecule has 1 unspecified atom stereocenters. The average Bonchev–Trinajstić information content (AvgIpc) is 2.23. The lowest BCUT2D eigenvalue weighted by atomic mass is 10.1. The molecule has 0 saturated heterocycles. The minimum Gasteiger partial charge on any atom is -0.352 e. The largest absolute Gasteiger partial charge is 0.352 e. The normalized spacial score (nSPS) is 12.2. The van der Waals surface area contributed by atoms with Gasteiger partial charge in [-0.15, -0.1) is 18.2 Å². The van der Waals surface area contributed by atoms with Crippen LogP contribution in [0.2, 0.25) is 0 Å². The Morgan fingerprint density at radius 1 is 1.44 bits per heavy atom. The fourth-order valence-corrected chi connectivity index (χ4v) is 1.50. The molecule has 3 nitrogen and oxygen atoms in total. The maximum atomic E-state index is 11.4. The molecule has 0 aromatic carbocycles. The summed E-state index contributed by atoms with van der Waals surface area (Å²) >= 11 is 1.69. The summed E-state index contributed by atoms with van der Waals surface area (Å²) in [6.07, 6.45) is 5.12. The maximum absolute atomic E-state index is 11.4. The fourth-order valence-electron chi connectivity index (χ4n) is 0.949. The van der Waals surface area contributed by atoms with Gasteiger partial charge in [-0.2, -0.15) is 0 Å². The zero-order valence-corrected chi connectivity index (χ0v) is 11.2. The molecule has 0 fully saturated rings. The lowest BCUT2D eigenvalue weighted by molar-refractivity contribution is -0.121. The van der Waals surface area contributed by atoms with Crippen LogP contribution in [0.15, 0.2) is 0 Å². The van der Waals surface area contributed by atoms with Crippen molar-refractivity contribution >= 4 is 17.7 Å². The van der Waals surface area contributed by atoms with Crippen molar-refractivity contribution in [1.29, 1.82) is 0 Å². The Morgan fingerprint density at radius 3 is 2.69 bits per heavy atom. The summed E-state index contributed by atoms with van der Waals surface area (Å²) in [5.74, 6) is 4.76. The van der Waals surface area contributed by atoms with Crippen LogP contribution in [0, 0.1) is 18.3 Å². The predicted molar refractivity (Wildman–Crippen MR) is 71.5 cm³/mol. The van der Waals surface area contributed by atoms with Crippen LogP contribution >= 0.6 is 11.8 Å². The molecule has 1 amide bonds. The number of nitrogens with one attached hydrogen (secondary N) is 2. The number of hydrogen-bond donors (Lipinski definition) is 2. The van der Waals surface area contributed by atoms with Crippen LogP contribution in [0.1, 0.15) is 20.8 Å². The quantitative estimate of drug-likeness (QED) is 0.495. The number of hydrogen-bond acceptors (Lipinski definition) is 3. The van der Waals surface area contributed by atoms with Crippen molar-refractivity contribution < 1.29 is 4.79 Å². The molecular weight excluding hydrogens is 220 g/mol. The average molecular weight is 242 g/mol. The lowest BCUT2D eigenvalue weighted by Gasteiger charge is -2.17. The second-order valence-electron chi connectivity index (χ2n) is 4.03. The second-order valence-corrected chi connectivity index (χ2v) is 5.14. The first-order chi connectivity index (χ1) is 7.57. The van der Waals surface area contributed by atoms with Crippen molar-refractivity contribution in [2.75, 3.05) is 24.6 Å². The van der Waals surface area contributed by atoms with E-state index in [1.165, 1.54) is 0 Å². The number of rotatable bonds is 8. The van der Waals surface area contributed by atoms with Crippen molar-refractivity contribution in [3.8, 4) is 12.3 Å². The van der Waals surface area contributed by atoms with Crippen molar-refractivity contribution in [3.63, 3.8) is 0 Å². The van der Waals surface area contributed by atoms with Gasteiger partial charge in [-0.3, -0.25) is 4.79 Å². The molecule has 0 saturated carbocycles. The molecule has 0 radical (unpaired) electrons. The zero-order chi connectivity index (χ0) is 12.4. The molecule has 0 heterocycles. The van der Waals surface area contributed by atoms with Crippen LogP contribution < -0.4 is 10.6 Å². The Morgan fingerprint density at radius 2 is 2.12 bits per heavy atom. The Bertz CT molecular complexity index is 236. The third kappa shape index (κ3) is 8.63. The number of carbonyl (C=O) groups is 1. The van der Waals surface area contributed by atoms with Crippen LogP contribution in [0.5, 0.6) is 0 Å². The first-order valence-corrected chi connectivity index (χ1v) is 6.74. The Labute approximate surface area is 103 Å². The van der Waals surface area contributed by atoms with E-state index in [4.69, 9.17) is 6.42 Å². The fraction of sp³-hybridized carbons (Fsp3) is 0.750. The second kappa shape index (κ2) is 9.56. The number of terminal acetylenes is 1. The van der Waals surface area contributed by atoms with Gasteiger partial charge in [-0.25, -0.2) is 0 Å². The molecule has 0 spiro atoms. The molecule has 0 aliphatic rings. The van der Waals surface area contributed by atoms with Crippen molar-refractivity contribution in [2.45, 2.75) is 26.8 Å². The molecule has 0 bridgehead atoms. The molecule has 0 aliphatic heterocycles. The Kier molecular flexibility index (Phi) is 9.16. The monoisotopic (exact) mass is 242 g/mol. The van der Waals surface area contributed by atoms with Crippen molar-refractivity contribution in [2.24, 2.45) is 5.92 Å². The van der Waals surface area contributed by atoms with E-state index < -0.39 is 0 Å². The molecular formula is C12H22N2OS. The molecule has 0 rings (SSSR count). The van der Waals surface area contributed by atoms with Crippen LogP contribution in [-0.4, -0.2) is 36.5 Å². The molecule has 1 atom stereocenters. The van der Waals surface area contributed by atoms with E-state index in [0.29, 0.717) is 12.5 Å². The highest BCUT2D eigenvalue weighted by atomic mass is 32.2.